The molecule has 2 aromatic carbocycles. The van der Waals surface area contributed by atoms with Crippen molar-refractivity contribution in [2.45, 2.75) is 39.0 Å². The van der Waals surface area contributed by atoms with Crippen molar-refractivity contribution in [1.82, 2.24) is 24.3 Å². The molecule has 0 atom stereocenters. The molecule has 0 saturated carbocycles. The third-order valence-corrected chi connectivity index (χ3v) is 7.55. The number of phenols is 1. The lowest BCUT2D eigenvalue weighted by Gasteiger charge is -2.32. The quantitative estimate of drug-likeness (QED) is 0.198. The Labute approximate surface area is 249 Å². The molecule has 3 N–H and O–H groups in total. The molecule has 42 heavy (non-hydrogen) atoms. The molecule has 1 aliphatic rings. The number of carbonyl (C=O) groups excluding carboxylic acids is 2. The largest absolute Gasteiger partial charge is 0.507 e. The maximum atomic E-state index is 13.5. The Balaban J connectivity index is 1.42. The highest BCUT2D eigenvalue weighted by Crippen LogP contribution is 2.26. The molecular weight excluding hydrogens is 556 g/mol. The molecule has 0 bridgehead atoms. The van der Waals surface area contributed by atoms with Crippen LogP contribution in [0, 0.1) is 0 Å². The summed E-state index contributed by atoms with van der Waals surface area (Å²) in [6, 6.07) is 13.9. The van der Waals surface area contributed by atoms with Crippen molar-refractivity contribution in [2.75, 3.05) is 38.5 Å². The zero-order valence-electron chi connectivity index (χ0n) is 24.0. The highest BCUT2D eigenvalue weighted by atomic mass is 35.5. The van der Waals surface area contributed by atoms with E-state index in [1.54, 1.807) is 32.0 Å². The number of aromatic nitrogens is 3. The van der Waals surface area contributed by atoms with Gasteiger partial charge in [0.25, 0.3) is 5.91 Å². The number of imidazole rings is 1. The monoisotopic (exact) mass is 590 g/mol. The number of amides is 1. The number of hydrogen-bond donors (Lipinski definition) is 3. The van der Waals surface area contributed by atoms with Crippen molar-refractivity contribution in [3.05, 3.63) is 81.6 Å². The molecule has 0 radical (unpaired) electrons. The summed E-state index contributed by atoms with van der Waals surface area (Å²) in [7, 11) is 2.13. The zero-order chi connectivity index (χ0) is 30.0. The number of hydrogen-bond acceptors (Lipinski definition) is 8. The van der Waals surface area contributed by atoms with Gasteiger partial charge in [-0.3, -0.25) is 19.8 Å². The average molecular weight is 591 g/mol. The van der Waals surface area contributed by atoms with E-state index in [1.807, 2.05) is 10.6 Å². The number of aliphatic hydroxyl groups is 1. The first kappa shape index (κ1) is 29.7. The molecule has 10 nitrogen and oxygen atoms in total. The standard InChI is InChI=1S/C31H35ClN6O4/c1-31(2,42)19-38-26-13-20(17-37-11-9-36(3)10-12-37)7-8-25(26)34-30(38)35-29(41)22-15-23(33-28(32)16-22)14-21-5-4-6-27(40)24(21)18-39/h4-8,13,15-16,18,40,42H,9-12,14,17,19H2,1-3H3,(H,34,35,41). The van der Waals surface area contributed by atoms with Crippen LogP contribution in [-0.2, 0) is 19.5 Å². The normalized spacial score (nSPS) is 14.8. The maximum Gasteiger partial charge on any atom is 0.258 e. The van der Waals surface area contributed by atoms with Gasteiger partial charge in [0.2, 0.25) is 5.95 Å². The fraction of sp³-hybridized carbons (Fsp3) is 0.355. The molecule has 0 aliphatic carbocycles. The first-order valence-corrected chi connectivity index (χ1v) is 14.2. The predicted octanol–water partition coefficient (Wildman–Crippen LogP) is 3.96. The number of carbonyl (C=O) groups is 2. The number of rotatable bonds is 9. The summed E-state index contributed by atoms with van der Waals surface area (Å²) in [6.07, 6.45) is 0.781. The Morgan fingerprint density at radius 3 is 2.57 bits per heavy atom. The highest BCUT2D eigenvalue weighted by Gasteiger charge is 2.22. The van der Waals surface area contributed by atoms with E-state index >= 15 is 0 Å². The second-order valence-corrected chi connectivity index (χ2v) is 11.9. The number of fused-ring (bicyclic) bond motifs is 1. The van der Waals surface area contributed by atoms with Crippen LogP contribution in [0.1, 0.15) is 51.4 Å². The van der Waals surface area contributed by atoms with Gasteiger partial charge in [-0.1, -0.05) is 29.8 Å². The summed E-state index contributed by atoms with van der Waals surface area (Å²) in [4.78, 5) is 38.7. The summed E-state index contributed by atoms with van der Waals surface area (Å²) < 4.78 is 1.83. The van der Waals surface area contributed by atoms with Crippen LogP contribution in [0.4, 0.5) is 5.95 Å². The molecule has 0 spiro atoms. The van der Waals surface area contributed by atoms with E-state index in [-0.39, 0.29) is 35.0 Å². The predicted molar refractivity (Wildman–Crippen MR) is 162 cm³/mol. The number of phenolic OH excluding ortho intramolecular Hbond substituents is 1. The van der Waals surface area contributed by atoms with Crippen molar-refractivity contribution in [1.29, 1.82) is 0 Å². The number of pyridine rings is 1. The Bertz CT molecular complexity index is 1620. The summed E-state index contributed by atoms with van der Waals surface area (Å²) in [5.74, 6) is -0.267. The van der Waals surface area contributed by atoms with Crippen LogP contribution in [0.3, 0.4) is 0 Å². The number of aromatic hydroxyl groups is 1. The smallest absolute Gasteiger partial charge is 0.258 e. The second kappa shape index (κ2) is 12.2. The molecule has 1 saturated heterocycles. The summed E-state index contributed by atoms with van der Waals surface area (Å²) in [5.41, 5.74) is 3.03. The molecule has 3 heterocycles. The highest BCUT2D eigenvalue weighted by molar-refractivity contribution is 6.29. The number of benzene rings is 2. The molecule has 11 heteroatoms. The average Bonchev–Trinajstić information content (AvgIpc) is 3.24. The van der Waals surface area contributed by atoms with Gasteiger partial charge in [-0.15, -0.1) is 0 Å². The first-order valence-electron chi connectivity index (χ1n) is 13.9. The van der Waals surface area contributed by atoms with Gasteiger partial charge < -0.3 is 19.7 Å². The van der Waals surface area contributed by atoms with E-state index in [1.165, 1.54) is 12.1 Å². The van der Waals surface area contributed by atoms with Crippen LogP contribution >= 0.6 is 11.6 Å². The number of likely N-dealkylation sites (N-methyl/N-ethyl adjacent to an activating group) is 1. The summed E-state index contributed by atoms with van der Waals surface area (Å²) >= 11 is 6.29. The number of anilines is 1. The fourth-order valence-electron chi connectivity index (χ4n) is 5.20. The lowest BCUT2D eigenvalue weighted by Crippen LogP contribution is -2.43. The molecule has 1 fully saturated rings. The molecule has 5 rings (SSSR count). The van der Waals surface area contributed by atoms with Gasteiger partial charge in [-0.2, -0.15) is 0 Å². The molecule has 2 aromatic heterocycles. The van der Waals surface area contributed by atoms with Gasteiger partial charge in [0.05, 0.1) is 28.7 Å². The van der Waals surface area contributed by atoms with E-state index in [4.69, 9.17) is 11.6 Å². The Morgan fingerprint density at radius 2 is 1.86 bits per heavy atom. The van der Waals surface area contributed by atoms with Crippen molar-refractivity contribution in [3.8, 4) is 5.75 Å². The Kier molecular flexibility index (Phi) is 8.60. The van der Waals surface area contributed by atoms with Crippen LogP contribution in [0.2, 0.25) is 5.15 Å². The third kappa shape index (κ3) is 6.96. The van der Waals surface area contributed by atoms with Gasteiger partial charge in [-0.05, 0) is 62.4 Å². The lowest BCUT2D eigenvalue weighted by atomic mass is 10.0. The van der Waals surface area contributed by atoms with Crippen molar-refractivity contribution < 1.29 is 19.8 Å². The lowest BCUT2D eigenvalue weighted by molar-refractivity contribution is 0.0630. The zero-order valence-corrected chi connectivity index (χ0v) is 24.7. The van der Waals surface area contributed by atoms with E-state index in [2.05, 4.69) is 44.3 Å². The SMILES string of the molecule is CN1CCN(Cc2ccc3nc(NC(=O)c4cc(Cl)nc(Cc5cccc(O)c5C=O)c4)n(CC(C)(C)O)c3c2)CC1. The molecule has 4 aromatic rings. The minimum absolute atomic E-state index is 0.115. The molecular formula is C31H35ClN6O4. The Hall–Kier alpha value is -3.83. The number of nitrogens with zero attached hydrogens (tertiary/aromatic N) is 5. The molecule has 220 valence electrons. The topological polar surface area (TPSA) is 124 Å². The number of aldehydes is 1. The Morgan fingerprint density at radius 1 is 1.10 bits per heavy atom. The van der Waals surface area contributed by atoms with E-state index in [0.29, 0.717) is 29.0 Å². The van der Waals surface area contributed by atoms with Crippen molar-refractivity contribution in [3.63, 3.8) is 0 Å². The third-order valence-electron chi connectivity index (χ3n) is 7.36. The van der Waals surface area contributed by atoms with Crippen LogP contribution in [-0.4, -0.2) is 85.6 Å². The van der Waals surface area contributed by atoms with Gasteiger partial charge in [0.15, 0.2) is 6.29 Å². The van der Waals surface area contributed by atoms with Gasteiger partial charge in [0.1, 0.15) is 10.9 Å². The van der Waals surface area contributed by atoms with Crippen LogP contribution in [0.15, 0.2) is 48.5 Å². The van der Waals surface area contributed by atoms with Gasteiger partial charge in [0, 0.05) is 50.4 Å². The fourth-order valence-corrected chi connectivity index (χ4v) is 5.43. The van der Waals surface area contributed by atoms with Crippen LogP contribution < -0.4 is 5.32 Å². The maximum absolute atomic E-state index is 13.5. The van der Waals surface area contributed by atoms with Crippen molar-refractivity contribution >= 4 is 40.8 Å². The number of piperazine rings is 1. The second-order valence-electron chi connectivity index (χ2n) is 11.5. The van der Waals surface area contributed by atoms with E-state index in [0.717, 1.165) is 43.8 Å². The van der Waals surface area contributed by atoms with Gasteiger partial charge >= 0.3 is 0 Å². The minimum Gasteiger partial charge on any atom is -0.507 e. The molecule has 0 unspecified atom stereocenters. The van der Waals surface area contributed by atoms with E-state index in [9.17, 15) is 19.8 Å². The molecule has 1 aliphatic heterocycles. The minimum atomic E-state index is -1.06. The van der Waals surface area contributed by atoms with Crippen LogP contribution in [0.5, 0.6) is 5.75 Å². The summed E-state index contributed by atoms with van der Waals surface area (Å²) in [6.45, 7) is 8.50. The number of nitrogens with one attached hydrogen (secondary N) is 1. The van der Waals surface area contributed by atoms with Gasteiger partial charge in [-0.25, -0.2) is 9.97 Å². The number of halogens is 1. The van der Waals surface area contributed by atoms with Crippen LogP contribution in [0.25, 0.3) is 11.0 Å². The summed E-state index contributed by atoms with van der Waals surface area (Å²) in [5, 5.41) is 23.8. The van der Waals surface area contributed by atoms with Crippen molar-refractivity contribution in [2.24, 2.45) is 0 Å². The van der Waals surface area contributed by atoms with E-state index < -0.39 is 11.5 Å². The first-order chi connectivity index (χ1) is 20.0. The molecule has 1 amide bonds.